The van der Waals surface area contributed by atoms with E-state index in [1.54, 1.807) is 51.4 Å². The fourth-order valence-corrected chi connectivity index (χ4v) is 81.4. The predicted octanol–water partition coefficient (Wildman–Crippen LogP) is 0.667. The molecule has 4 heteroatoms. The maximum absolute atomic E-state index is 1.73. The molecule has 0 atom stereocenters. The minimum Gasteiger partial charge on any atom is -0.0533 e. The molecule has 0 radical (unpaired) electrons. The second-order valence-electron chi connectivity index (χ2n) is 6.05. The van der Waals surface area contributed by atoms with E-state index >= 15 is 0 Å². The Hall–Kier alpha value is 0.868. The molecule has 14 heavy (non-hydrogen) atoms. The summed E-state index contributed by atoms with van der Waals surface area (Å²) in [6, 6.07) is 0. The summed E-state index contributed by atoms with van der Waals surface area (Å²) in [6.45, 7) is 0. The lowest BCUT2D eigenvalue weighted by atomic mass is 10.3. The lowest BCUT2D eigenvalue weighted by Gasteiger charge is -2.49. The van der Waals surface area contributed by atoms with Crippen molar-refractivity contribution in [1.82, 2.24) is 0 Å². The third-order valence-corrected chi connectivity index (χ3v) is 88.5. The van der Waals surface area contributed by atoms with Gasteiger partial charge < -0.3 is 0 Å². The molecule has 1 aliphatic heterocycles. The predicted molar refractivity (Wildman–Crippen MR) is 75.8 cm³/mol. The summed E-state index contributed by atoms with van der Waals surface area (Å²) < 4.78 is 0. The molecular formula is C10H24Si4. The SMILES string of the molecule is C1CCC([Si]2(C3CCCC3)[SiH2][SiH2][SiH2]2)C1. The van der Waals surface area contributed by atoms with Crippen LogP contribution in [0.15, 0.2) is 0 Å². The summed E-state index contributed by atoms with van der Waals surface area (Å²) >= 11 is 0. The first-order valence-electron chi connectivity index (χ1n) is 6.92. The van der Waals surface area contributed by atoms with Crippen molar-refractivity contribution in [2.45, 2.75) is 62.4 Å². The van der Waals surface area contributed by atoms with Crippen molar-refractivity contribution in [3.8, 4) is 0 Å². The van der Waals surface area contributed by atoms with Crippen molar-refractivity contribution in [3.05, 3.63) is 0 Å². The molecule has 0 amide bonds. The summed E-state index contributed by atoms with van der Waals surface area (Å²) in [5, 5.41) is 0. The Balaban J connectivity index is 1.75. The molecular weight excluding hydrogens is 232 g/mol. The van der Waals surface area contributed by atoms with Gasteiger partial charge in [0.1, 0.15) is 0 Å². The molecule has 2 aliphatic carbocycles. The zero-order valence-electron chi connectivity index (χ0n) is 9.43. The van der Waals surface area contributed by atoms with Gasteiger partial charge in [0.2, 0.25) is 0 Å². The van der Waals surface area contributed by atoms with Crippen molar-refractivity contribution in [3.63, 3.8) is 0 Å². The van der Waals surface area contributed by atoms with Gasteiger partial charge in [-0.1, -0.05) is 62.4 Å². The average Bonchev–Trinajstić information content (AvgIpc) is 2.71. The topological polar surface area (TPSA) is 0 Å². The van der Waals surface area contributed by atoms with E-state index in [2.05, 4.69) is 0 Å². The highest BCUT2D eigenvalue weighted by molar-refractivity contribution is 7.88. The van der Waals surface area contributed by atoms with Crippen LogP contribution in [0.1, 0.15) is 51.4 Å². The average molecular weight is 257 g/mol. The summed E-state index contributed by atoms with van der Waals surface area (Å²) in [4.78, 5) is 0. The Morgan fingerprint density at radius 3 is 1.43 bits per heavy atom. The second kappa shape index (κ2) is 4.03. The van der Waals surface area contributed by atoms with E-state index < -0.39 is 0 Å². The van der Waals surface area contributed by atoms with Crippen LogP contribution in [0.25, 0.3) is 0 Å². The van der Waals surface area contributed by atoms with Gasteiger partial charge in [0.15, 0.2) is 0 Å². The molecule has 0 spiro atoms. The zero-order chi connectivity index (χ0) is 9.43. The van der Waals surface area contributed by atoms with Crippen LogP contribution in [0, 0.1) is 0 Å². The summed E-state index contributed by atoms with van der Waals surface area (Å²) in [6.07, 6.45) is 13.5. The van der Waals surface area contributed by atoms with Gasteiger partial charge >= 0.3 is 0 Å². The fraction of sp³-hybridized carbons (Fsp3) is 1.00. The molecule has 0 unspecified atom stereocenters. The molecule has 1 saturated heterocycles. The fourth-order valence-electron chi connectivity index (χ4n) is 4.74. The Kier molecular flexibility index (Phi) is 2.89. The summed E-state index contributed by atoms with van der Waals surface area (Å²) in [5.74, 6) is 0. The van der Waals surface area contributed by atoms with Crippen LogP contribution < -0.4 is 0 Å². The van der Waals surface area contributed by atoms with E-state index in [1.165, 1.54) is 11.1 Å². The molecule has 0 bridgehead atoms. The Morgan fingerprint density at radius 2 is 1.14 bits per heavy atom. The van der Waals surface area contributed by atoms with Gasteiger partial charge in [-0.2, -0.15) is 0 Å². The first-order valence-corrected chi connectivity index (χ1v) is 21.7. The number of hydrogen-bond acceptors (Lipinski definition) is 0. The first-order chi connectivity index (χ1) is 6.92. The highest BCUT2D eigenvalue weighted by Gasteiger charge is 2.52. The second-order valence-corrected chi connectivity index (χ2v) is 43.2. The largest absolute Gasteiger partial charge is 0.0533 e. The highest BCUT2D eigenvalue weighted by Crippen LogP contribution is 2.50. The smallest absolute Gasteiger partial charge is 0.0277 e. The summed E-state index contributed by atoms with van der Waals surface area (Å²) in [7, 11) is 1.82. The molecule has 0 aromatic carbocycles. The van der Waals surface area contributed by atoms with Crippen LogP contribution >= 0.6 is 0 Å². The molecule has 3 rings (SSSR count). The molecule has 3 fully saturated rings. The van der Waals surface area contributed by atoms with Crippen LogP contribution in [-0.2, 0) is 0 Å². The van der Waals surface area contributed by atoms with Crippen molar-refractivity contribution >= 4 is 32.8 Å². The Morgan fingerprint density at radius 1 is 0.714 bits per heavy atom. The quantitative estimate of drug-likeness (QED) is 0.637. The molecule has 2 saturated carbocycles. The zero-order valence-corrected chi connectivity index (χ0v) is 14.7. The molecule has 0 aromatic heterocycles. The monoisotopic (exact) mass is 256 g/mol. The van der Waals surface area contributed by atoms with E-state index in [0.29, 0.717) is 17.1 Å². The van der Waals surface area contributed by atoms with Gasteiger partial charge in [-0.3, -0.25) is 0 Å². The van der Waals surface area contributed by atoms with Gasteiger partial charge in [-0.05, 0) is 25.7 Å². The standard InChI is InChI=1S/C10H24Si4/c1-2-6-9(5-1)14(12-11-13-14)10-7-3-4-8-10/h9-10H,1-8,11-13H2. The molecule has 0 N–H and O–H groups in total. The molecule has 0 aromatic rings. The normalized spacial score (nSPS) is 38.6. The lowest BCUT2D eigenvalue weighted by molar-refractivity contribution is 0.780. The van der Waals surface area contributed by atoms with E-state index in [9.17, 15) is 0 Å². The molecule has 80 valence electrons. The minimum absolute atomic E-state index is 0.337. The van der Waals surface area contributed by atoms with Crippen LogP contribution in [0.4, 0.5) is 0 Å². The number of hydrogen-bond donors (Lipinski definition) is 0. The van der Waals surface area contributed by atoms with Gasteiger partial charge in [0, 0.05) is 7.11 Å². The van der Waals surface area contributed by atoms with Crippen molar-refractivity contribution < 1.29 is 0 Å². The molecule has 0 nitrogen and oxygen atoms in total. The Labute approximate surface area is 95.3 Å². The molecule has 1 heterocycles. The first kappa shape index (κ1) is 10.0. The van der Waals surface area contributed by atoms with Gasteiger partial charge in [-0.15, -0.1) is 0 Å². The summed E-state index contributed by atoms with van der Waals surface area (Å²) in [5.41, 5.74) is 2.90. The van der Waals surface area contributed by atoms with Crippen LogP contribution in [0.2, 0.25) is 11.1 Å². The lowest BCUT2D eigenvalue weighted by Crippen LogP contribution is -2.69. The van der Waals surface area contributed by atoms with Crippen molar-refractivity contribution in [1.29, 1.82) is 0 Å². The van der Waals surface area contributed by atoms with Gasteiger partial charge in [0.05, 0.1) is 0 Å². The van der Waals surface area contributed by atoms with Crippen LogP contribution in [-0.4, -0.2) is 32.8 Å². The third-order valence-electron chi connectivity index (χ3n) is 5.62. The van der Waals surface area contributed by atoms with E-state index in [-0.39, 0.29) is 7.11 Å². The van der Waals surface area contributed by atoms with Gasteiger partial charge in [-0.25, -0.2) is 0 Å². The number of rotatable bonds is 2. The van der Waals surface area contributed by atoms with Crippen LogP contribution in [0.5, 0.6) is 0 Å². The van der Waals surface area contributed by atoms with E-state index in [4.69, 9.17) is 0 Å². The van der Waals surface area contributed by atoms with E-state index in [0.717, 1.165) is 8.55 Å². The maximum Gasteiger partial charge on any atom is 0.0277 e. The highest BCUT2D eigenvalue weighted by atomic mass is 30.1. The minimum atomic E-state index is -0.337. The third kappa shape index (κ3) is 1.49. The maximum atomic E-state index is 1.73. The van der Waals surface area contributed by atoms with Crippen molar-refractivity contribution in [2.24, 2.45) is 0 Å². The van der Waals surface area contributed by atoms with Crippen molar-refractivity contribution in [2.75, 3.05) is 0 Å². The van der Waals surface area contributed by atoms with E-state index in [1.807, 2.05) is 0 Å². The van der Waals surface area contributed by atoms with Gasteiger partial charge in [0.25, 0.3) is 0 Å². The Bertz CT molecular complexity index is 184. The molecule has 3 aliphatic rings. The van der Waals surface area contributed by atoms with Crippen LogP contribution in [0.3, 0.4) is 0 Å².